The van der Waals surface area contributed by atoms with Gasteiger partial charge >= 0.3 is 0 Å². The smallest absolute Gasteiger partial charge is 0.238 e. The Hall–Kier alpha value is -2.81. The molecule has 0 bridgehead atoms. The molecule has 35 heavy (non-hydrogen) atoms. The molecule has 3 atom stereocenters. The molecule has 0 fully saturated rings. The van der Waals surface area contributed by atoms with Crippen LogP contribution in [0.25, 0.3) is 11.1 Å². The van der Waals surface area contributed by atoms with Crippen molar-refractivity contribution in [2.45, 2.75) is 58.1 Å². The first-order valence-electron chi connectivity index (χ1n) is 11.9. The topological polar surface area (TPSA) is 113 Å². The summed E-state index contributed by atoms with van der Waals surface area (Å²) in [5.74, 6) is -0.922. The van der Waals surface area contributed by atoms with Crippen LogP contribution in [0, 0.1) is 11.8 Å². The second-order valence-corrected chi connectivity index (χ2v) is 11.5. The summed E-state index contributed by atoms with van der Waals surface area (Å²) in [7, 11) is -3.80. The second kappa shape index (κ2) is 11.3. The van der Waals surface area contributed by atoms with Crippen LogP contribution in [0.5, 0.6) is 0 Å². The third kappa shape index (κ3) is 7.10. The lowest BCUT2D eigenvalue weighted by Gasteiger charge is -2.29. The zero-order valence-electron chi connectivity index (χ0n) is 20.6. The predicted octanol–water partition coefficient (Wildman–Crippen LogP) is 3.30. The molecule has 7 nitrogen and oxygen atoms in total. The fourth-order valence-corrected chi connectivity index (χ4v) is 5.50. The molecule has 0 saturated carbocycles. The minimum atomic E-state index is -3.80. The van der Waals surface area contributed by atoms with Gasteiger partial charge in [0.25, 0.3) is 0 Å². The highest BCUT2D eigenvalue weighted by atomic mass is 32.2. The quantitative estimate of drug-likeness (QED) is 0.355. The average molecular weight is 499 g/mol. The number of carbonyl (C=O) groups is 1. The van der Waals surface area contributed by atoms with Crippen LogP contribution in [0.2, 0.25) is 0 Å². The van der Waals surface area contributed by atoms with Crippen molar-refractivity contribution in [2.24, 2.45) is 11.8 Å². The monoisotopic (exact) mass is 498 g/mol. The van der Waals surface area contributed by atoms with E-state index in [4.69, 9.17) is 0 Å². The molecule has 0 unspecified atom stereocenters. The van der Waals surface area contributed by atoms with E-state index >= 15 is 0 Å². The Kier molecular flexibility index (Phi) is 8.64. The van der Waals surface area contributed by atoms with E-state index in [0.29, 0.717) is 16.7 Å². The van der Waals surface area contributed by atoms with Crippen molar-refractivity contribution in [3.05, 3.63) is 82.0 Å². The van der Waals surface area contributed by atoms with Crippen molar-refractivity contribution < 1.29 is 18.3 Å². The van der Waals surface area contributed by atoms with Crippen LogP contribution in [0.4, 0.5) is 0 Å². The number of hydrogen-bond donors (Lipinski definition) is 3. The predicted molar refractivity (Wildman–Crippen MR) is 138 cm³/mol. The summed E-state index contributed by atoms with van der Waals surface area (Å²) >= 11 is 0. The van der Waals surface area contributed by atoms with Crippen LogP contribution in [0.1, 0.15) is 51.3 Å². The zero-order chi connectivity index (χ0) is 25.8. The van der Waals surface area contributed by atoms with Crippen LogP contribution in [-0.4, -0.2) is 31.5 Å². The van der Waals surface area contributed by atoms with Crippen molar-refractivity contribution in [1.29, 1.82) is 0 Å². The van der Waals surface area contributed by atoms with E-state index in [1.165, 1.54) is 0 Å². The summed E-state index contributed by atoms with van der Waals surface area (Å²) in [5, 5.41) is 13.8. The molecule has 0 saturated heterocycles. The van der Waals surface area contributed by atoms with Crippen molar-refractivity contribution in [2.75, 3.05) is 0 Å². The summed E-state index contributed by atoms with van der Waals surface area (Å²) in [6, 6.07) is 16.1. The number of nitrogens with one attached hydrogen (secondary N) is 2. The SMILES string of the molecule is CC(C)C[C@H](NS(=O)(=O)Cc1ccccc1)C(=O)N[C@@H](C(C)C)[C@H](O)c1c(-c2ccccc2)c1=O. The van der Waals surface area contributed by atoms with Gasteiger partial charge in [0.2, 0.25) is 15.9 Å². The number of rotatable bonds is 12. The summed E-state index contributed by atoms with van der Waals surface area (Å²) < 4.78 is 28.2. The number of benzene rings is 2. The Labute approximate surface area is 207 Å². The van der Waals surface area contributed by atoms with Gasteiger partial charge in [-0.3, -0.25) is 9.59 Å². The highest BCUT2D eigenvalue weighted by Crippen LogP contribution is 2.33. The number of carbonyl (C=O) groups excluding carboxylic acids is 1. The molecule has 1 amide bonds. The molecule has 8 heteroatoms. The van der Waals surface area contributed by atoms with Gasteiger partial charge in [-0.15, -0.1) is 0 Å². The fourth-order valence-electron chi connectivity index (χ4n) is 4.14. The molecule has 0 aromatic heterocycles. The highest BCUT2D eigenvalue weighted by Gasteiger charge is 2.38. The number of sulfonamides is 1. The standard InChI is InChI=1S/C27H34N2O5S/c1-17(2)15-21(29-35(33,34)16-19-11-7-5-8-12-19)27(32)28-24(18(3)4)26(31)23-22(25(23)30)20-13-9-6-10-14-20/h5-14,17-18,21,24,26,29,31H,15-16H2,1-4H3,(H,28,32)/t21-,24-,26+/m0/s1. The van der Waals surface area contributed by atoms with E-state index in [9.17, 15) is 23.1 Å². The van der Waals surface area contributed by atoms with Crippen molar-refractivity contribution in [3.8, 4) is 11.1 Å². The van der Waals surface area contributed by atoms with Crippen LogP contribution >= 0.6 is 0 Å². The van der Waals surface area contributed by atoms with Gasteiger partial charge in [-0.1, -0.05) is 88.4 Å². The van der Waals surface area contributed by atoms with Crippen molar-refractivity contribution in [1.82, 2.24) is 10.0 Å². The van der Waals surface area contributed by atoms with E-state index in [1.807, 2.05) is 45.9 Å². The number of amides is 1. The van der Waals surface area contributed by atoms with Crippen molar-refractivity contribution in [3.63, 3.8) is 0 Å². The van der Waals surface area contributed by atoms with Gasteiger partial charge in [0.1, 0.15) is 12.1 Å². The number of hydrogen-bond acceptors (Lipinski definition) is 5. The summed E-state index contributed by atoms with van der Waals surface area (Å²) in [6.07, 6.45) is -0.903. The fraction of sp³-hybridized carbons (Fsp3) is 0.407. The maximum absolute atomic E-state index is 13.3. The molecule has 0 heterocycles. The molecule has 3 rings (SSSR count). The molecule has 0 aliphatic carbocycles. The Balaban J connectivity index is 1.76. The largest absolute Gasteiger partial charge is 0.386 e. The third-order valence-electron chi connectivity index (χ3n) is 5.95. The van der Waals surface area contributed by atoms with Crippen LogP contribution in [-0.2, 0) is 20.6 Å². The Morgan fingerprint density at radius 3 is 2.06 bits per heavy atom. The summed E-state index contributed by atoms with van der Waals surface area (Å²) in [6.45, 7) is 7.47. The van der Waals surface area contributed by atoms with Crippen LogP contribution in [0.15, 0.2) is 65.5 Å². The molecular weight excluding hydrogens is 464 g/mol. The van der Waals surface area contributed by atoms with Gasteiger partial charge in [-0.25, -0.2) is 13.1 Å². The summed E-state index contributed by atoms with van der Waals surface area (Å²) in [5.41, 5.74) is 1.89. The first-order chi connectivity index (χ1) is 16.5. The maximum atomic E-state index is 13.3. The summed E-state index contributed by atoms with van der Waals surface area (Å²) in [4.78, 5) is 25.7. The zero-order valence-corrected chi connectivity index (χ0v) is 21.4. The van der Waals surface area contributed by atoms with E-state index in [2.05, 4.69) is 10.0 Å². The van der Waals surface area contributed by atoms with Crippen molar-refractivity contribution >= 4 is 15.9 Å². The molecule has 0 aliphatic rings. The van der Waals surface area contributed by atoms with Crippen LogP contribution in [0.3, 0.4) is 0 Å². The van der Waals surface area contributed by atoms with Gasteiger partial charge in [0.15, 0.2) is 5.43 Å². The second-order valence-electron chi connectivity index (χ2n) is 9.75. The van der Waals surface area contributed by atoms with E-state index in [-0.39, 0.29) is 29.4 Å². The molecule has 3 aromatic rings. The minimum absolute atomic E-state index is 0.0463. The Morgan fingerprint density at radius 2 is 1.51 bits per heavy atom. The van der Waals surface area contributed by atoms with Gasteiger partial charge in [-0.2, -0.15) is 0 Å². The third-order valence-corrected chi connectivity index (χ3v) is 7.31. The first kappa shape index (κ1) is 26.8. The average Bonchev–Trinajstić information content (AvgIpc) is 3.47. The lowest BCUT2D eigenvalue weighted by atomic mass is 9.95. The molecule has 188 valence electrons. The van der Waals surface area contributed by atoms with E-state index in [0.717, 1.165) is 5.56 Å². The molecular formula is C27H34N2O5S. The van der Waals surface area contributed by atoms with Crippen LogP contribution < -0.4 is 15.5 Å². The van der Waals surface area contributed by atoms with Gasteiger partial charge in [0, 0.05) is 11.1 Å². The van der Waals surface area contributed by atoms with Gasteiger partial charge in [0.05, 0.1) is 11.8 Å². The minimum Gasteiger partial charge on any atom is -0.386 e. The molecule has 0 spiro atoms. The number of aliphatic hydroxyl groups excluding tert-OH is 1. The molecule has 0 aliphatic heterocycles. The lowest BCUT2D eigenvalue weighted by molar-refractivity contribution is -0.125. The first-order valence-corrected chi connectivity index (χ1v) is 13.5. The number of aliphatic hydroxyl groups is 1. The van der Waals surface area contributed by atoms with E-state index in [1.54, 1.807) is 42.5 Å². The Morgan fingerprint density at radius 1 is 0.943 bits per heavy atom. The molecule has 3 aromatic carbocycles. The van der Waals surface area contributed by atoms with Gasteiger partial charge in [-0.05, 0) is 29.4 Å². The maximum Gasteiger partial charge on any atom is 0.238 e. The highest BCUT2D eigenvalue weighted by molar-refractivity contribution is 7.88. The lowest BCUT2D eigenvalue weighted by Crippen LogP contribution is -2.52. The van der Waals surface area contributed by atoms with E-state index < -0.39 is 34.1 Å². The normalized spacial score (nSPS) is 14.8. The Bertz CT molecular complexity index is 1230. The van der Waals surface area contributed by atoms with Gasteiger partial charge < -0.3 is 10.4 Å². The molecule has 0 radical (unpaired) electrons. The molecule has 3 N–H and O–H groups in total.